The number of hydrogen-bond acceptors (Lipinski definition) is 0. The third-order valence-electron chi connectivity index (χ3n) is 0.983. The van der Waals surface area contributed by atoms with Gasteiger partial charge in [-0.05, 0) is 39.5 Å². The molecular weight excluding hydrogens is 184 g/mol. The first-order valence-corrected chi connectivity index (χ1v) is 7.43. The Morgan fingerprint density at radius 2 is 1.88 bits per heavy atom. The summed E-state index contributed by atoms with van der Waals surface area (Å²) in [5.74, 6) is 1.36. The maximum absolute atomic E-state index is 3.66. The van der Waals surface area contributed by atoms with Gasteiger partial charge in [-0.2, -0.15) is 8.46 Å². The Morgan fingerprint density at radius 3 is 2.00 bits per heavy atom. The standard InChI is InChI=1S/C6H15BrS/c1-4-5-6-8(2,3)7/h4-6H2,1-3H3. The van der Waals surface area contributed by atoms with Gasteiger partial charge in [0, 0.05) is 0 Å². The highest BCUT2D eigenvalue weighted by atomic mass is 79.9. The molecule has 52 valence electrons. The van der Waals surface area contributed by atoms with Crippen LogP contribution < -0.4 is 0 Å². The Kier molecular flexibility index (Phi) is 4.17. The average Bonchev–Trinajstić information content (AvgIpc) is 1.59. The summed E-state index contributed by atoms with van der Waals surface area (Å²) in [7, 11) is -0.374. The fourth-order valence-corrected chi connectivity index (χ4v) is 2.15. The molecule has 0 spiro atoms. The summed E-state index contributed by atoms with van der Waals surface area (Å²) in [6, 6.07) is 0. The van der Waals surface area contributed by atoms with E-state index in [1.165, 1.54) is 18.6 Å². The molecule has 0 atom stereocenters. The van der Waals surface area contributed by atoms with Crippen LogP contribution in [0.1, 0.15) is 19.8 Å². The molecule has 0 fully saturated rings. The van der Waals surface area contributed by atoms with Gasteiger partial charge in [-0.1, -0.05) is 13.3 Å². The van der Waals surface area contributed by atoms with Crippen LogP contribution in [0.3, 0.4) is 0 Å². The highest BCUT2D eigenvalue weighted by Crippen LogP contribution is 2.48. The van der Waals surface area contributed by atoms with E-state index in [1.54, 1.807) is 0 Å². The van der Waals surface area contributed by atoms with Gasteiger partial charge in [0.2, 0.25) is 0 Å². The van der Waals surface area contributed by atoms with Crippen molar-refractivity contribution in [3.63, 3.8) is 0 Å². The molecule has 0 aliphatic heterocycles. The summed E-state index contributed by atoms with van der Waals surface area (Å²) in [6.45, 7) is 2.23. The highest BCUT2D eigenvalue weighted by molar-refractivity contribution is 9.58. The fraction of sp³-hybridized carbons (Fsp3) is 1.00. The van der Waals surface area contributed by atoms with E-state index in [0.717, 1.165) is 0 Å². The minimum Gasteiger partial charge on any atom is -0.189 e. The van der Waals surface area contributed by atoms with Gasteiger partial charge in [-0.15, -0.1) is 0 Å². The Hall–Kier alpha value is 0.830. The van der Waals surface area contributed by atoms with Crippen molar-refractivity contribution in [2.24, 2.45) is 0 Å². The average molecular weight is 199 g/mol. The zero-order chi connectivity index (χ0) is 6.62. The summed E-state index contributed by atoms with van der Waals surface area (Å²) < 4.78 is 0. The number of unbranched alkanes of at least 4 members (excludes halogenated alkanes) is 1. The van der Waals surface area contributed by atoms with E-state index in [4.69, 9.17) is 0 Å². The first-order chi connectivity index (χ1) is 3.56. The van der Waals surface area contributed by atoms with Crippen molar-refractivity contribution in [1.29, 1.82) is 0 Å². The second-order valence-electron chi connectivity index (χ2n) is 2.46. The van der Waals surface area contributed by atoms with Crippen LogP contribution in [0, 0.1) is 0 Å². The Bertz CT molecular complexity index is 56.0. The molecule has 0 aliphatic carbocycles. The van der Waals surface area contributed by atoms with Crippen LogP contribution in [-0.2, 0) is 0 Å². The highest BCUT2D eigenvalue weighted by Gasteiger charge is 2.02. The first-order valence-electron chi connectivity index (χ1n) is 2.97. The van der Waals surface area contributed by atoms with E-state index in [1.807, 2.05) is 0 Å². The van der Waals surface area contributed by atoms with Crippen molar-refractivity contribution in [1.82, 2.24) is 0 Å². The summed E-state index contributed by atoms with van der Waals surface area (Å²) in [5, 5.41) is 0. The molecule has 0 unspecified atom stereocenters. The quantitative estimate of drug-likeness (QED) is 0.654. The van der Waals surface area contributed by atoms with Crippen molar-refractivity contribution in [3.8, 4) is 0 Å². The summed E-state index contributed by atoms with van der Waals surface area (Å²) >= 11 is 3.66. The predicted molar refractivity (Wildman–Crippen MR) is 48.1 cm³/mol. The van der Waals surface area contributed by atoms with Crippen LogP contribution in [0.15, 0.2) is 0 Å². The molecule has 0 aromatic heterocycles. The second kappa shape index (κ2) is 3.78. The molecule has 0 heterocycles. The van der Waals surface area contributed by atoms with Gasteiger partial charge < -0.3 is 0 Å². The summed E-state index contributed by atoms with van der Waals surface area (Å²) in [4.78, 5) is 0. The van der Waals surface area contributed by atoms with E-state index in [-0.39, 0.29) is 8.46 Å². The molecule has 0 amide bonds. The summed E-state index contributed by atoms with van der Waals surface area (Å²) in [6.07, 6.45) is 7.28. The lowest BCUT2D eigenvalue weighted by atomic mass is 10.4. The molecule has 0 aromatic carbocycles. The molecule has 0 bridgehead atoms. The molecule has 0 saturated heterocycles. The zero-order valence-corrected chi connectivity index (χ0v) is 8.31. The van der Waals surface area contributed by atoms with Gasteiger partial charge in [0.25, 0.3) is 0 Å². The van der Waals surface area contributed by atoms with Crippen LogP contribution in [0.25, 0.3) is 0 Å². The van der Waals surface area contributed by atoms with Gasteiger partial charge in [-0.3, -0.25) is 0 Å². The minimum absolute atomic E-state index is 0.374. The molecular formula is C6H15BrS. The summed E-state index contributed by atoms with van der Waals surface area (Å²) in [5.41, 5.74) is 0. The Labute approximate surface area is 61.6 Å². The monoisotopic (exact) mass is 198 g/mol. The lowest BCUT2D eigenvalue weighted by Gasteiger charge is -2.21. The largest absolute Gasteiger partial charge is 0.189 e. The molecule has 0 N–H and O–H groups in total. The lowest BCUT2D eigenvalue weighted by Crippen LogP contribution is -1.90. The van der Waals surface area contributed by atoms with Crippen LogP contribution in [0.4, 0.5) is 0 Å². The van der Waals surface area contributed by atoms with E-state index >= 15 is 0 Å². The third-order valence-corrected chi connectivity index (χ3v) is 3.21. The van der Waals surface area contributed by atoms with Crippen LogP contribution in [0.2, 0.25) is 0 Å². The van der Waals surface area contributed by atoms with E-state index < -0.39 is 0 Å². The van der Waals surface area contributed by atoms with E-state index in [9.17, 15) is 0 Å². The topological polar surface area (TPSA) is 0 Å². The fourth-order valence-electron chi connectivity index (χ4n) is 0.488. The Balaban J connectivity index is 3.11. The lowest BCUT2D eigenvalue weighted by molar-refractivity contribution is 0.895. The van der Waals surface area contributed by atoms with Gasteiger partial charge in [0.15, 0.2) is 0 Å². The molecule has 8 heavy (non-hydrogen) atoms. The normalized spacial score (nSPS) is 14.0. The first kappa shape index (κ1) is 8.83. The van der Waals surface area contributed by atoms with Crippen molar-refractivity contribution < 1.29 is 0 Å². The van der Waals surface area contributed by atoms with Crippen molar-refractivity contribution in [3.05, 3.63) is 0 Å². The molecule has 0 aromatic rings. The van der Waals surface area contributed by atoms with Crippen LogP contribution in [-0.4, -0.2) is 18.3 Å². The molecule has 0 saturated carbocycles. The SMILES string of the molecule is CCCCS(C)(C)Br. The Morgan fingerprint density at radius 1 is 1.38 bits per heavy atom. The molecule has 0 rings (SSSR count). The van der Waals surface area contributed by atoms with Crippen molar-refractivity contribution in [2.75, 3.05) is 18.3 Å². The van der Waals surface area contributed by atoms with E-state index in [0.29, 0.717) is 0 Å². The van der Waals surface area contributed by atoms with Crippen molar-refractivity contribution >= 4 is 23.3 Å². The number of halogens is 1. The third kappa shape index (κ3) is 6.83. The van der Waals surface area contributed by atoms with Crippen LogP contribution >= 0.6 is 23.3 Å². The number of hydrogen-bond donors (Lipinski definition) is 0. The van der Waals surface area contributed by atoms with Crippen LogP contribution in [0.5, 0.6) is 0 Å². The molecule has 0 aliphatic rings. The maximum atomic E-state index is 3.66. The predicted octanol–water partition coefficient (Wildman–Crippen LogP) is 3.16. The van der Waals surface area contributed by atoms with Gasteiger partial charge in [-0.25, -0.2) is 0 Å². The van der Waals surface area contributed by atoms with Gasteiger partial charge >= 0.3 is 0 Å². The molecule has 2 heteroatoms. The minimum atomic E-state index is -0.374. The smallest absolute Gasteiger partial charge is 0.0141 e. The van der Waals surface area contributed by atoms with Crippen molar-refractivity contribution in [2.45, 2.75) is 19.8 Å². The molecule has 0 nitrogen and oxygen atoms in total. The van der Waals surface area contributed by atoms with E-state index in [2.05, 4.69) is 34.2 Å². The maximum Gasteiger partial charge on any atom is -0.0141 e. The van der Waals surface area contributed by atoms with Gasteiger partial charge in [0.1, 0.15) is 0 Å². The zero-order valence-electron chi connectivity index (χ0n) is 5.91. The van der Waals surface area contributed by atoms with Gasteiger partial charge in [0.05, 0.1) is 0 Å². The number of rotatable bonds is 3. The molecule has 0 radical (unpaired) electrons. The second-order valence-corrected chi connectivity index (χ2v) is 10.9.